The number of Topliss-reactive ketones (excluding diaryl/α,β-unsaturated/α-hetero) is 1. The molecule has 8 atom stereocenters. The second-order valence-corrected chi connectivity index (χ2v) is 12.4. The molecule has 3 fully saturated rings. The zero-order valence-electron chi connectivity index (χ0n) is 24.0. The Kier molecular flexibility index (Phi) is 7.41. The predicted octanol–water partition coefficient (Wildman–Crippen LogP) is 2.68. The van der Waals surface area contributed by atoms with Gasteiger partial charge in [-0.15, -0.1) is 0 Å². The number of hydrogen-bond donors (Lipinski definition) is 2. The van der Waals surface area contributed by atoms with Crippen LogP contribution in [0.4, 0.5) is 0 Å². The second-order valence-electron chi connectivity index (χ2n) is 12.4. The van der Waals surface area contributed by atoms with Crippen molar-refractivity contribution in [3.63, 3.8) is 0 Å². The monoisotopic (exact) mass is 570 g/mol. The number of fused-ring (bicyclic) bond motifs is 6. The lowest BCUT2D eigenvalue weighted by atomic mass is 9.56. The minimum Gasteiger partial charge on any atom is -0.455 e. The largest absolute Gasteiger partial charge is 0.455 e. The fourth-order valence-electron chi connectivity index (χ4n) is 7.65. The van der Waals surface area contributed by atoms with Crippen LogP contribution in [0.5, 0.6) is 0 Å². The van der Waals surface area contributed by atoms with Gasteiger partial charge in [0.15, 0.2) is 17.5 Å². The molecule has 4 bridgehead atoms. The van der Waals surface area contributed by atoms with Gasteiger partial charge in [0.1, 0.15) is 17.8 Å². The maximum atomic E-state index is 14.3. The van der Waals surface area contributed by atoms with Crippen molar-refractivity contribution >= 4 is 23.7 Å². The third-order valence-corrected chi connectivity index (χ3v) is 9.79. The van der Waals surface area contributed by atoms with Crippen LogP contribution in [0.3, 0.4) is 0 Å². The molecular weight excluding hydrogens is 532 g/mol. The summed E-state index contributed by atoms with van der Waals surface area (Å²) in [5.74, 6) is -4.49. The molecule has 1 aromatic rings. The van der Waals surface area contributed by atoms with Crippen molar-refractivity contribution in [3.8, 4) is 0 Å². The lowest BCUT2D eigenvalue weighted by Crippen LogP contribution is -2.71. The maximum absolute atomic E-state index is 14.3. The summed E-state index contributed by atoms with van der Waals surface area (Å²) >= 11 is 0. The van der Waals surface area contributed by atoms with E-state index in [-0.39, 0.29) is 31.4 Å². The molecule has 0 radical (unpaired) electrons. The Morgan fingerprint density at radius 3 is 2.29 bits per heavy atom. The van der Waals surface area contributed by atoms with Crippen molar-refractivity contribution in [1.29, 1.82) is 0 Å². The van der Waals surface area contributed by atoms with E-state index in [0.29, 0.717) is 12.0 Å². The van der Waals surface area contributed by atoms with Crippen molar-refractivity contribution in [2.45, 2.75) is 95.9 Å². The first-order chi connectivity index (χ1) is 19.2. The van der Waals surface area contributed by atoms with Gasteiger partial charge in [0.25, 0.3) is 0 Å². The number of aliphatic hydroxyl groups is 2. The van der Waals surface area contributed by atoms with Crippen LogP contribution in [0, 0.1) is 17.3 Å². The lowest BCUT2D eigenvalue weighted by molar-refractivity contribution is -0.297. The van der Waals surface area contributed by atoms with Gasteiger partial charge in [-0.1, -0.05) is 37.6 Å². The maximum Gasteiger partial charge on any atom is 0.338 e. The Morgan fingerprint density at radius 1 is 1.02 bits per heavy atom. The van der Waals surface area contributed by atoms with Crippen molar-refractivity contribution in [2.75, 3.05) is 6.61 Å². The average Bonchev–Trinajstić information content (AvgIpc) is 2.96. The van der Waals surface area contributed by atoms with Crippen LogP contribution in [-0.4, -0.2) is 76.1 Å². The third kappa shape index (κ3) is 4.60. The molecule has 10 nitrogen and oxygen atoms in total. The number of ketones is 1. The molecule has 2 saturated carbocycles. The van der Waals surface area contributed by atoms with Gasteiger partial charge in [0, 0.05) is 37.5 Å². The fourth-order valence-corrected chi connectivity index (χ4v) is 7.65. The molecule has 1 saturated heterocycles. The van der Waals surface area contributed by atoms with Crippen LogP contribution < -0.4 is 0 Å². The summed E-state index contributed by atoms with van der Waals surface area (Å²) in [4.78, 5) is 52.7. The average molecular weight is 571 g/mol. The van der Waals surface area contributed by atoms with Gasteiger partial charge in [0.05, 0.1) is 18.3 Å². The Balaban J connectivity index is 1.76. The first kappa shape index (κ1) is 29.4. The van der Waals surface area contributed by atoms with E-state index in [4.69, 9.17) is 18.9 Å². The van der Waals surface area contributed by atoms with E-state index < -0.39 is 76.6 Å². The second kappa shape index (κ2) is 10.3. The van der Waals surface area contributed by atoms with E-state index in [1.54, 1.807) is 44.2 Å². The number of aliphatic hydroxyl groups excluding tert-OH is 1. The molecule has 0 unspecified atom stereocenters. The van der Waals surface area contributed by atoms with Crippen LogP contribution in [0.25, 0.3) is 0 Å². The smallest absolute Gasteiger partial charge is 0.338 e. The highest BCUT2D eigenvalue weighted by molar-refractivity contribution is 5.92. The van der Waals surface area contributed by atoms with Gasteiger partial charge >= 0.3 is 17.9 Å². The summed E-state index contributed by atoms with van der Waals surface area (Å²) < 4.78 is 23.7. The van der Waals surface area contributed by atoms with Gasteiger partial charge < -0.3 is 29.2 Å². The molecule has 1 aliphatic heterocycles. The van der Waals surface area contributed by atoms with Crippen molar-refractivity contribution < 1.29 is 48.3 Å². The van der Waals surface area contributed by atoms with E-state index >= 15 is 0 Å². The summed E-state index contributed by atoms with van der Waals surface area (Å²) in [6.07, 6.45) is -4.31. The number of allylic oxidation sites excluding steroid dienone is 1. The number of esters is 3. The van der Waals surface area contributed by atoms with Crippen LogP contribution in [-0.2, 0) is 33.3 Å². The van der Waals surface area contributed by atoms with E-state index in [1.165, 1.54) is 13.8 Å². The first-order valence-corrected chi connectivity index (χ1v) is 14.1. The Hall–Kier alpha value is -3.08. The molecule has 4 aliphatic rings. The molecule has 0 aromatic heterocycles. The first-order valence-electron chi connectivity index (χ1n) is 14.1. The molecule has 222 valence electrons. The highest BCUT2D eigenvalue weighted by atomic mass is 16.6. The summed E-state index contributed by atoms with van der Waals surface area (Å²) in [5.41, 5.74) is -2.94. The molecule has 5 rings (SSSR count). The van der Waals surface area contributed by atoms with Crippen molar-refractivity contribution in [2.24, 2.45) is 17.3 Å². The zero-order chi connectivity index (χ0) is 29.9. The van der Waals surface area contributed by atoms with Gasteiger partial charge in [0.2, 0.25) is 0 Å². The van der Waals surface area contributed by atoms with Crippen molar-refractivity contribution in [1.82, 2.24) is 0 Å². The quantitative estimate of drug-likeness (QED) is 0.315. The highest BCUT2D eigenvalue weighted by Gasteiger charge is 2.70. The van der Waals surface area contributed by atoms with E-state index in [9.17, 15) is 29.4 Å². The number of benzene rings is 1. The summed E-state index contributed by atoms with van der Waals surface area (Å²) in [6.45, 7) is 7.72. The van der Waals surface area contributed by atoms with Gasteiger partial charge in [-0.05, 0) is 43.9 Å². The SMILES string of the molecule is CC(=O)O[C@H]1C(=O)[C@@H]2C[C@H]([C@H](OC(=O)c3ccccc3)[C@]3(O)CCC(C)=C1C3(C)C)[C@]1(OC(C)=O)CO[C@@H]1C[C@@H]2O. The molecule has 0 amide bonds. The Labute approximate surface area is 239 Å². The van der Waals surface area contributed by atoms with Crippen LogP contribution in [0.15, 0.2) is 41.5 Å². The summed E-state index contributed by atoms with van der Waals surface area (Å²) in [5, 5.41) is 24.2. The molecule has 41 heavy (non-hydrogen) atoms. The van der Waals surface area contributed by atoms with Crippen LogP contribution in [0.1, 0.15) is 70.7 Å². The zero-order valence-corrected chi connectivity index (χ0v) is 24.0. The topological polar surface area (TPSA) is 146 Å². The number of ether oxygens (including phenoxy) is 4. The minimum atomic E-state index is -1.78. The third-order valence-electron chi connectivity index (χ3n) is 9.79. The van der Waals surface area contributed by atoms with E-state index in [1.807, 2.05) is 6.92 Å². The van der Waals surface area contributed by atoms with Crippen LogP contribution >= 0.6 is 0 Å². The number of rotatable bonds is 4. The van der Waals surface area contributed by atoms with Crippen LogP contribution in [0.2, 0.25) is 0 Å². The van der Waals surface area contributed by atoms with Gasteiger partial charge in [-0.25, -0.2) is 4.79 Å². The molecule has 10 heteroatoms. The summed E-state index contributed by atoms with van der Waals surface area (Å²) in [6, 6.07) is 8.35. The molecule has 3 aliphatic carbocycles. The molecule has 1 heterocycles. The summed E-state index contributed by atoms with van der Waals surface area (Å²) in [7, 11) is 0. The van der Waals surface area contributed by atoms with Gasteiger partial charge in [-0.3, -0.25) is 14.4 Å². The predicted molar refractivity (Wildman–Crippen MR) is 143 cm³/mol. The van der Waals surface area contributed by atoms with Crippen molar-refractivity contribution in [3.05, 3.63) is 47.0 Å². The van der Waals surface area contributed by atoms with E-state index in [2.05, 4.69) is 0 Å². The normalized spacial score (nSPS) is 37.7. The van der Waals surface area contributed by atoms with Gasteiger partial charge in [-0.2, -0.15) is 0 Å². The highest BCUT2D eigenvalue weighted by Crippen LogP contribution is 2.59. The minimum absolute atomic E-state index is 0.0355. The standard InChI is InChI=1S/C31H38O10/c1-16-11-12-31(37)27(40-28(36)19-9-7-6-8-10-19)21-13-20(22(34)14-23-30(21,15-38-23)41-18(3)33)25(35)26(39-17(2)32)24(16)29(31,4)5/h6-10,20-23,26-27,34,37H,11-15H2,1-5H3/t20-,21-,22+,23-,26-,27+,30-,31-/m1/s1. The van der Waals surface area contributed by atoms with E-state index in [0.717, 1.165) is 5.57 Å². The Bertz CT molecular complexity index is 1280. The number of carbonyl (C=O) groups excluding carboxylic acids is 4. The molecular formula is C31H38O10. The molecule has 2 N–H and O–H groups in total. The Morgan fingerprint density at radius 2 is 1.71 bits per heavy atom. The molecule has 1 aromatic carbocycles. The lowest BCUT2D eigenvalue weighted by Gasteiger charge is -2.58. The number of hydrogen-bond acceptors (Lipinski definition) is 10. The molecule has 0 spiro atoms. The number of carbonyl (C=O) groups is 4. The fraction of sp³-hybridized carbons (Fsp3) is 0.613.